The molecule has 10 heteroatoms. The van der Waals surface area contributed by atoms with Crippen molar-refractivity contribution in [1.82, 2.24) is 0 Å². The molecule has 0 saturated heterocycles. The van der Waals surface area contributed by atoms with Gasteiger partial charge in [0.25, 0.3) is 0 Å². The van der Waals surface area contributed by atoms with Crippen molar-refractivity contribution in [2.24, 2.45) is 0 Å². The van der Waals surface area contributed by atoms with Gasteiger partial charge in [-0.25, -0.2) is 0 Å². The summed E-state index contributed by atoms with van der Waals surface area (Å²) in [7, 11) is 2.64. The molecule has 3 radical (unpaired) electrons. The quantitative estimate of drug-likeness (QED) is 0.191. The molecule has 0 saturated carbocycles. The van der Waals surface area contributed by atoms with Gasteiger partial charge in [-0.3, -0.25) is 14.4 Å². The average Bonchev–Trinajstić information content (AvgIpc) is 2.89. The van der Waals surface area contributed by atoms with Crippen LogP contribution in [0.3, 0.4) is 0 Å². The van der Waals surface area contributed by atoms with Crippen LogP contribution in [0, 0.1) is 23.7 Å². The van der Waals surface area contributed by atoms with Crippen molar-refractivity contribution in [3.8, 4) is 35.2 Å². The molecular weight excluding hydrogens is 498 g/mol. The smallest absolute Gasteiger partial charge is 1.00 e. The Morgan fingerprint density at radius 1 is 0.895 bits per heavy atom. The second-order valence-electron chi connectivity index (χ2n) is 7.44. The SMILES string of the molecule is CC#CC(CC(=O)OC)c1ccc(O)c(C=O)c1.CC#CC(CC(=O)OC)c1ccc(O)c(CO)c1.[B].[H-].[Na+]. The van der Waals surface area contributed by atoms with Crippen LogP contribution >= 0.6 is 0 Å². The summed E-state index contributed by atoms with van der Waals surface area (Å²) in [6.07, 6.45) is 0.820. The zero-order valence-corrected chi connectivity index (χ0v) is 24.3. The van der Waals surface area contributed by atoms with Gasteiger partial charge in [0.05, 0.1) is 51.1 Å². The summed E-state index contributed by atoms with van der Waals surface area (Å²) in [6, 6.07) is 9.41. The molecule has 2 atom stereocenters. The van der Waals surface area contributed by atoms with Gasteiger partial charge in [-0.15, -0.1) is 11.8 Å². The molecule has 195 valence electrons. The number of carbonyl (C=O) groups excluding carboxylic acids is 3. The van der Waals surface area contributed by atoms with E-state index in [4.69, 9.17) is 5.11 Å². The van der Waals surface area contributed by atoms with Gasteiger partial charge in [-0.2, -0.15) is 0 Å². The van der Waals surface area contributed by atoms with Gasteiger partial charge < -0.3 is 26.2 Å². The number of aldehydes is 1. The number of hydrogen-bond acceptors (Lipinski definition) is 8. The molecule has 0 aliphatic carbocycles. The van der Waals surface area contributed by atoms with Crippen molar-refractivity contribution in [3.63, 3.8) is 0 Å². The molecule has 2 aromatic rings. The van der Waals surface area contributed by atoms with Crippen LogP contribution in [0.2, 0.25) is 0 Å². The van der Waals surface area contributed by atoms with E-state index in [0.717, 1.165) is 5.56 Å². The predicted molar refractivity (Wildman–Crippen MR) is 140 cm³/mol. The van der Waals surface area contributed by atoms with Gasteiger partial charge in [0.2, 0.25) is 0 Å². The minimum absolute atomic E-state index is 0. The van der Waals surface area contributed by atoms with Crippen LogP contribution in [0.4, 0.5) is 0 Å². The molecule has 0 bridgehead atoms. The zero-order valence-electron chi connectivity index (χ0n) is 23.3. The van der Waals surface area contributed by atoms with Crippen LogP contribution in [0.5, 0.6) is 11.5 Å². The summed E-state index contributed by atoms with van der Waals surface area (Å²) in [5.41, 5.74) is 2.08. The largest absolute Gasteiger partial charge is 1.00 e. The number of phenols is 2. The Morgan fingerprint density at radius 2 is 1.34 bits per heavy atom. The van der Waals surface area contributed by atoms with E-state index in [-0.39, 0.29) is 99.7 Å². The Balaban J connectivity index is -0.000000617. The molecule has 0 fully saturated rings. The number of hydrogen-bond donors (Lipinski definition) is 3. The maximum atomic E-state index is 11.3. The summed E-state index contributed by atoms with van der Waals surface area (Å²) in [4.78, 5) is 33.3. The fourth-order valence-corrected chi connectivity index (χ4v) is 3.19. The summed E-state index contributed by atoms with van der Waals surface area (Å²) >= 11 is 0. The molecule has 8 nitrogen and oxygen atoms in total. The number of aliphatic hydroxyl groups excluding tert-OH is 1. The standard InChI is InChI=1S/C14H16O4.C14H14O4.B.Na.H/c2*1-3-4-10(8-14(17)18-2)11-5-6-13(16)12(7-11)9-15;;;/h5-7,10,15-16H,8-9H2,1-2H3;5-7,9-10,16H,8H2,1-2H3;;;/q;;;+1;-1. The Kier molecular flexibility index (Phi) is 19.3. The Hall–Kier alpha value is -3.21. The average molecular weight is 529 g/mol. The van der Waals surface area contributed by atoms with Crippen LogP contribution in [0.1, 0.15) is 67.0 Å². The van der Waals surface area contributed by atoms with Crippen molar-refractivity contribution in [2.45, 2.75) is 45.1 Å². The van der Waals surface area contributed by atoms with Crippen molar-refractivity contribution in [2.75, 3.05) is 14.2 Å². The Labute approximate surface area is 249 Å². The number of rotatable bonds is 8. The summed E-state index contributed by atoms with van der Waals surface area (Å²) in [6.45, 7) is 3.10. The number of phenolic OH excluding ortho intramolecular Hbond substituents is 1. The van der Waals surface area contributed by atoms with E-state index in [1.165, 1.54) is 32.4 Å². The van der Waals surface area contributed by atoms with Gasteiger partial charge >= 0.3 is 41.5 Å². The topological polar surface area (TPSA) is 130 Å². The molecule has 3 N–H and O–H groups in total. The third-order valence-electron chi connectivity index (χ3n) is 5.09. The van der Waals surface area contributed by atoms with Crippen molar-refractivity contribution < 1.29 is 70.2 Å². The van der Waals surface area contributed by atoms with E-state index in [2.05, 4.69) is 33.2 Å². The summed E-state index contributed by atoms with van der Waals surface area (Å²) < 4.78 is 9.23. The van der Waals surface area contributed by atoms with Gasteiger partial charge in [-0.05, 0) is 49.2 Å². The summed E-state index contributed by atoms with van der Waals surface area (Å²) in [5, 5.41) is 28.0. The van der Waals surface area contributed by atoms with Gasteiger partial charge in [-0.1, -0.05) is 24.0 Å². The van der Waals surface area contributed by atoms with E-state index in [9.17, 15) is 24.6 Å². The number of carbonyl (C=O) groups is 3. The number of ether oxygens (including phenoxy) is 2. The molecule has 2 unspecified atom stereocenters. The van der Waals surface area contributed by atoms with E-state index < -0.39 is 0 Å². The van der Waals surface area contributed by atoms with Crippen LogP contribution in [0.25, 0.3) is 0 Å². The number of methoxy groups -OCH3 is 2. The maximum Gasteiger partial charge on any atom is 1.00 e. The molecule has 0 aromatic heterocycles. The third kappa shape index (κ3) is 11.9. The number of aromatic hydroxyl groups is 2. The van der Waals surface area contributed by atoms with Crippen LogP contribution < -0.4 is 29.6 Å². The first-order chi connectivity index (χ1) is 17.2. The zero-order chi connectivity index (χ0) is 27.1. The molecule has 0 heterocycles. The van der Waals surface area contributed by atoms with Gasteiger partial charge in [0, 0.05) is 14.0 Å². The molecule has 0 aliphatic heterocycles. The van der Waals surface area contributed by atoms with E-state index in [1.807, 2.05) is 0 Å². The van der Waals surface area contributed by atoms with Crippen LogP contribution in [-0.2, 0) is 25.7 Å². The third-order valence-corrected chi connectivity index (χ3v) is 5.09. The Bertz CT molecular complexity index is 1200. The molecule has 38 heavy (non-hydrogen) atoms. The molecule has 0 spiro atoms. The minimum atomic E-state index is -0.372. The number of aliphatic hydroxyl groups is 1. The summed E-state index contributed by atoms with van der Waals surface area (Å²) in [5.74, 6) is 9.89. The van der Waals surface area contributed by atoms with Crippen molar-refractivity contribution >= 4 is 26.6 Å². The fraction of sp³-hybridized carbons (Fsp3) is 0.321. The monoisotopic (exact) mass is 529 g/mol. The Morgan fingerprint density at radius 3 is 1.74 bits per heavy atom. The fourth-order valence-electron chi connectivity index (χ4n) is 3.19. The van der Waals surface area contributed by atoms with Gasteiger partial charge in [0.15, 0.2) is 6.29 Å². The maximum absolute atomic E-state index is 11.3. The van der Waals surface area contributed by atoms with Crippen LogP contribution in [-0.4, -0.2) is 56.2 Å². The number of esters is 2. The van der Waals surface area contributed by atoms with Crippen LogP contribution in [0.15, 0.2) is 36.4 Å². The van der Waals surface area contributed by atoms with E-state index in [0.29, 0.717) is 17.4 Å². The van der Waals surface area contributed by atoms with E-state index in [1.54, 1.807) is 32.0 Å². The number of benzene rings is 2. The normalized spacial score (nSPS) is 10.6. The second kappa shape index (κ2) is 19.8. The van der Waals surface area contributed by atoms with Gasteiger partial charge in [0.1, 0.15) is 11.5 Å². The second-order valence-corrected chi connectivity index (χ2v) is 7.44. The predicted octanol–water partition coefficient (Wildman–Crippen LogP) is 0.165. The first-order valence-electron chi connectivity index (χ1n) is 10.9. The molecular formula is C28H31BNaO8. The van der Waals surface area contributed by atoms with E-state index >= 15 is 0 Å². The molecule has 2 aromatic carbocycles. The van der Waals surface area contributed by atoms with Crippen molar-refractivity contribution in [1.29, 1.82) is 0 Å². The minimum Gasteiger partial charge on any atom is -1.00 e. The first kappa shape index (κ1) is 36.9. The molecule has 0 amide bonds. The molecule has 2 rings (SSSR count). The van der Waals surface area contributed by atoms with Crippen molar-refractivity contribution in [3.05, 3.63) is 58.7 Å². The molecule has 0 aliphatic rings. The first-order valence-corrected chi connectivity index (χ1v) is 10.9.